The first-order chi connectivity index (χ1) is 8.58. The van der Waals surface area contributed by atoms with E-state index in [1.54, 1.807) is 12.1 Å². The van der Waals surface area contributed by atoms with E-state index in [9.17, 15) is 10.1 Å². The van der Waals surface area contributed by atoms with E-state index in [0.29, 0.717) is 24.8 Å². The number of nitrogens with one attached hydrogen (secondary N) is 1. The smallest absolute Gasteiger partial charge is 0.292 e. The lowest BCUT2D eigenvalue weighted by atomic mass is 9.97. The molecule has 1 fully saturated rings. The second-order valence-electron chi connectivity index (χ2n) is 4.51. The fraction of sp³-hybridized carbons (Fsp3) is 0.500. The number of ether oxygens (including phenoxy) is 1. The highest BCUT2D eigenvalue weighted by Gasteiger charge is 2.24. The van der Waals surface area contributed by atoms with Crippen LogP contribution in [-0.4, -0.2) is 24.2 Å². The van der Waals surface area contributed by atoms with Crippen molar-refractivity contribution < 1.29 is 9.66 Å². The number of rotatable bonds is 3. The van der Waals surface area contributed by atoms with E-state index in [1.165, 1.54) is 6.07 Å². The van der Waals surface area contributed by atoms with Crippen LogP contribution in [0.1, 0.15) is 13.3 Å². The summed E-state index contributed by atoms with van der Waals surface area (Å²) in [5.41, 5.74) is 0.671. The second-order valence-corrected chi connectivity index (χ2v) is 5.43. The molecule has 0 aliphatic carbocycles. The van der Waals surface area contributed by atoms with Gasteiger partial charge in [0.2, 0.25) is 0 Å². The molecule has 6 heteroatoms. The summed E-state index contributed by atoms with van der Waals surface area (Å²) in [5.74, 6) is 0.345. The Morgan fingerprint density at radius 3 is 3.00 bits per heavy atom. The van der Waals surface area contributed by atoms with E-state index >= 15 is 0 Å². The summed E-state index contributed by atoms with van der Waals surface area (Å²) in [6, 6.07) is 5.15. The summed E-state index contributed by atoms with van der Waals surface area (Å²) in [5, 5.41) is 14.3. The largest absolute Gasteiger partial charge is 0.381 e. The van der Waals surface area contributed by atoms with Crippen molar-refractivity contribution in [2.24, 2.45) is 5.92 Å². The number of hydrogen-bond donors (Lipinski definition) is 1. The third-order valence-electron chi connectivity index (χ3n) is 3.14. The van der Waals surface area contributed by atoms with E-state index in [2.05, 4.69) is 28.2 Å². The first kappa shape index (κ1) is 13.3. The molecule has 5 nitrogen and oxygen atoms in total. The molecule has 1 aliphatic rings. The van der Waals surface area contributed by atoms with Crippen LogP contribution >= 0.6 is 15.9 Å². The van der Waals surface area contributed by atoms with Gasteiger partial charge in [0.05, 0.1) is 11.5 Å². The van der Waals surface area contributed by atoms with Crippen LogP contribution in [-0.2, 0) is 4.74 Å². The molecule has 2 unspecified atom stereocenters. The number of benzene rings is 1. The molecule has 0 radical (unpaired) electrons. The Kier molecular flexibility index (Phi) is 4.19. The highest BCUT2D eigenvalue weighted by molar-refractivity contribution is 9.10. The van der Waals surface area contributed by atoms with Crippen LogP contribution < -0.4 is 5.32 Å². The van der Waals surface area contributed by atoms with Crippen LogP contribution in [0.3, 0.4) is 0 Å². The molecular formula is C12H15BrN2O3. The minimum Gasteiger partial charge on any atom is -0.381 e. The van der Waals surface area contributed by atoms with E-state index < -0.39 is 0 Å². The van der Waals surface area contributed by atoms with Gasteiger partial charge in [0.1, 0.15) is 5.69 Å². The Labute approximate surface area is 114 Å². The summed E-state index contributed by atoms with van der Waals surface area (Å²) >= 11 is 3.34. The molecule has 0 bridgehead atoms. The fourth-order valence-corrected chi connectivity index (χ4v) is 2.44. The zero-order valence-electron chi connectivity index (χ0n) is 10.1. The van der Waals surface area contributed by atoms with Gasteiger partial charge < -0.3 is 10.1 Å². The quantitative estimate of drug-likeness (QED) is 0.687. The SMILES string of the molecule is CC1COCCC1Nc1cc(Br)ccc1[N+](=O)[O-]. The zero-order valence-corrected chi connectivity index (χ0v) is 11.6. The van der Waals surface area contributed by atoms with Crippen LogP contribution in [0.4, 0.5) is 11.4 Å². The van der Waals surface area contributed by atoms with Crippen molar-refractivity contribution >= 4 is 27.3 Å². The lowest BCUT2D eigenvalue weighted by Crippen LogP contribution is -2.36. The number of nitrogens with zero attached hydrogens (tertiary/aromatic N) is 1. The fourth-order valence-electron chi connectivity index (χ4n) is 2.08. The van der Waals surface area contributed by atoms with Gasteiger partial charge in [0.15, 0.2) is 0 Å². The van der Waals surface area contributed by atoms with E-state index in [0.717, 1.165) is 10.9 Å². The van der Waals surface area contributed by atoms with Gasteiger partial charge in [-0.3, -0.25) is 10.1 Å². The van der Waals surface area contributed by atoms with Crippen LogP contribution in [0.15, 0.2) is 22.7 Å². The van der Waals surface area contributed by atoms with Gasteiger partial charge >= 0.3 is 0 Å². The van der Waals surface area contributed by atoms with Gasteiger partial charge in [-0.2, -0.15) is 0 Å². The van der Waals surface area contributed by atoms with Crippen LogP contribution in [0.5, 0.6) is 0 Å². The predicted molar refractivity (Wildman–Crippen MR) is 72.8 cm³/mol. The molecular weight excluding hydrogens is 300 g/mol. The molecule has 98 valence electrons. The standard InChI is InChI=1S/C12H15BrN2O3/c1-8-7-18-5-4-10(8)14-11-6-9(13)2-3-12(11)15(16)17/h2-3,6,8,10,14H,4-5,7H2,1H3. The molecule has 1 aromatic rings. The number of nitro groups is 1. The Bertz CT molecular complexity index is 453. The molecule has 1 N–H and O–H groups in total. The number of hydrogen-bond acceptors (Lipinski definition) is 4. The van der Waals surface area contributed by atoms with Crippen molar-refractivity contribution in [2.75, 3.05) is 18.5 Å². The van der Waals surface area contributed by atoms with Crippen LogP contribution in [0, 0.1) is 16.0 Å². The summed E-state index contributed by atoms with van der Waals surface area (Å²) < 4.78 is 6.20. The highest BCUT2D eigenvalue weighted by Crippen LogP contribution is 2.30. The molecule has 0 spiro atoms. The Morgan fingerprint density at radius 2 is 2.33 bits per heavy atom. The molecule has 0 aromatic heterocycles. The third kappa shape index (κ3) is 3.00. The van der Waals surface area contributed by atoms with E-state index in [4.69, 9.17) is 4.74 Å². The summed E-state index contributed by atoms with van der Waals surface area (Å²) in [6.45, 7) is 3.48. The average Bonchev–Trinajstić information content (AvgIpc) is 2.32. The predicted octanol–water partition coefficient (Wildman–Crippen LogP) is 3.19. The van der Waals surface area contributed by atoms with Gasteiger partial charge in [-0.1, -0.05) is 22.9 Å². The third-order valence-corrected chi connectivity index (χ3v) is 3.63. The summed E-state index contributed by atoms with van der Waals surface area (Å²) in [6.07, 6.45) is 0.866. The van der Waals surface area contributed by atoms with Crippen LogP contribution in [0.25, 0.3) is 0 Å². The maximum Gasteiger partial charge on any atom is 0.292 e. The molecule has 1 aliphatic heterocycles. The molecule has 0 saturated carbocycles. The topological polar surface area (TPSA) is 64.4 Å². The number of anilines is 1. The van der Waals surface area contributed by atoms with Gasteiger partial charge in [-0.25, -0.2) is 0 Å². The Balaban J connectivity index is 2.21. The van der Waals surface area contributed by atoms with Gasteiger partial charge in [0, 0.05) is 23.2 Å². The molecule has 1 heterocycles. The molecule has 2 atom stereocenters. The van der Waals surface area contributed by atoms with Gasteiger partial charge in [-0.05, 0) is 24.5 Å². The maximum atomic E-state index is 11.0. The zero-order chi connectivity index (χ0) is 13.1. The van der Waals surface area contributed by atoms with Crippen molar-refractivity contribution in [3.8, 4) is 0 Å². The van der Waals surface area contributed by atoms with Gasteiger partial charge in [-0.15, -0.1) is 0 Å². The Morgan fingerprint density at radius 1 is 1.56 bits per heavy atom. The molecule has 1 aromatic carbocycles. The van der Waals surface area contributed by atoms with Crippen molar-refractivity contribution in [1.82, 2.24) is 0 Å². The second kappa shape index (κ2) is 5.67. The maximum absolute atomic E-state index is 11.0. The summed E-state index contributed by atoms with van der Waals surface area (Å²) in [7, 11) is 0. The number of nitro benzene ring substituents is 1. The van der Waals surface area contributed by atoms with E-state index in [1.807, 2.05) is 0 Å². The minimum atomic E-state index is -0.362. The monoisotopic (exact) mass is 314 g/mol. The van der Waals surface area contributed by atoms with E-state index in [-0.39, 0.29) is 16.7 Å². The van der Waals surface area contributed by atoms with Gasteiger partial charge in [0.25, 0.3) is 5.69 Å². The molecule has 2 rings (SSSR count). The minimum absolute atomic E-state index is 0.108. The highest BCUT2D eigenvalue weighted by atomic mass is 79.9. The first-order valence-corrected chi connectivity index (χ1v) is 6.65. The molecule has 1 saturated heterocycles. The van der Waals surface area contributed by atoms with Crippen molar-refractivity contribution in [3.63, 3.8) is 0 Å². The normalized spacial score (nSPS) is 23.7. The number of halogens is 1. The molecule has 0 amide bonds. The van der Waals surface area contributed by atoms with Crippen molar-refractivity contribution in [3.05, 3.63) is 32.8 Å². The lowest BCUT2D eigenvalue weighted by Gasteiger charge is -2.30. The van der Waals surface area contributed by atoms with Crippen LogP contribution in [0.2, 0.25) is 0 Å². The lowest BCUT2D eigenvalue weighted by molar-refractivity contribution is -0.384. The summed E-state index contributed by atoms with van der Waals surface area (Å²) in [4.78, 5) is 10.6. The van der Waals surface area contributed by atoms with Crippen molar-refractivity contribution in [1.29, 1.82) is 0 Å². The molecule has 18 heavy (non-hydrogen) atoms. The first-order valence-electron chi connectivity index (χ1n) is 5.86. The average molecular weight is 315 g/mol. The Hall–Kier alpha value is -1.14. The van der Waals surface area contributed by atoms with Crippen molar-refractivity contribution in [2.45, 2.75) is 19.4 Å².